The highest BCUT2D eigenvalue weighted by Gasteiger charge is 2.25. The van der Waals surface area contributed by atoms with Crippen molar-refractivity contribution < 1.29 is 4.79 Å². The molecule has 2 aromatic rings. The van der Waals surface area contributed by atoms with Crippen LogP contribution < -0.4 is 9.80 Å². The van der Waals surface area contributed by atoms with Crippen LogP contribution in [-0.2, 0) is 0 Å². The van der Waals surface area contributed by atoms with Gasteiger partial charge in [-0.2, -0.15) is 0 Å². The van der Waals surface area contributed by atoms with Gasteiger partial charge in [0.15, 0.2) is 0 Å². The first kappa shape index (κ1) is 19.0. The smallest absolute Gasteiger partial charge is 0.255 e. The van der Waals surface area contributed by atoms with Gasteiger partial charge in [0.25, 0.3) is 5.91 Å². The average Bonchev–Trinajstić information content (AvgIpc) is 2.74. The SMILES string of the molecule is CN1CCN(c2cc(N3CCN(C(=O)c4ccccc4Cl)CC3)ncn2)CC1. The van der Waals surface area contributed by atoms with Gasteiger partial charge in [-0.15, -0.1) is 0 Å². The van der Waals surface area contributed by atoms with Crippen molar-refractivity contribution in [1.29, 1.82) is 0 Å². The molecule has 0 spiro atoms. The van der Waals surface area contributed by atoms with Gasteiger partial charge in [-0.25, -0.2) is 9.97 Å². The second-order valence-electron chi connectivity index (χ2n) is 7.28. The second kappa shape index (κ2) is 8.32. The van der Waals surface area contributed by atoms with Crippen LogP contribution in [0.25, 0.3) is 0 Å². The molecule has 0 bridgehead atoms. The van der Waals surface area contributed by atoms with Gasteiger partial charge in [0.05, 0.1) is 10.6 Å². The van der Waals surface area contributed by atoms with Gasteiger partial charge in [-0.3, -0.25) is 4.79 Å². The lowest BCUT2D eigenvalue weighted by Gasteiger charge is -2.36. The number of carbonyl (C=O) groups excluding carboxylic acids is 1. The summed E-state index contributed by atoms with van der Waals surface area (Å²) in [4.78, 5) is 30.4. The van der Waals surface area contributed by atoms with Gasteiger partial charge in [-0.1, -0.05) is 23.7 Å². The number of likely N-dealkylation sites (N-methyl/N-ethyl adjacent to an activating group) is 1. The number of halogens is 1. The van der Waals surface area contributed by atoms with E-state index in [1.165, 1.54) is 0 Å². The standard InChI is InChI=1S/C20H25ClN6O/c1-24-6-8-25(9-7-24)18-14-19(23-15-22-18)26-10-12-27(13-11-26)20(28)16-4-2-3-5-17(16)21/h2-5,14-15H,6-13H2,1H3. The van der Waals surface area contributed by atoms with E-state index in [4.69, 9.17) is 11.6 Å². The summed E-state index contributed by atoms with van der Waals surface area (Å²) in [5.41, 5.74) is 0.567. The van der Waals surface area contributed by atoms with Crippen molar-refractivity contribution in [3.8, 4) is 0 Å². The fourth-order valence-electron chi connectivity index (χ4n) is 3.66. The normalized spacial score (nSPS) is 18.4. The van der Waals surface area contributed by atoms with Crippen molar-refractivity contribution in [3.05, 3.63) is 47.2 Å². The minimum atomic E-state index is -0.00827. The van der Waals surface area contributed by atoms with Crippen molar-refractivity contribution in [1.82, 2.24) is 19.8 Å². The third kappa shape index (κ3) is 4.05. The number of anilines is 2. The summed E-state index contributed by atoms with van der Waals surface area (Å²) < 4.78 is 0. The van der Waals surface area contributed by atoms with Crippen molar-refractivity contribution in [2.24, 2.45) is 0 Å². The molecular formula is C20H25ClN6O. The molecule has 0 saturated carbocycles. The molecule has 2 aliphatic heterocycles. The summed E-state index contributed by atoms with van der Waals surface area (Å²) in [6.45, 7) is 6.84. The number of amides is 1. The Morgan fingerprint density at radius 2 is 1.46 bits per heavy atom. The van der Waals surface area contributed by atoms with Crippen molar-refractivity contribution in [2.75, 3.05) is 69.2 Å². The Kier molecular flexibility index (Phi) is 5.64. The molecule has 0 unspecified atom stereocenters. The molecule has 2 fully saturated rings. The summed E-state index contributed by atoms with van der Waals surface area (Å²) in [5.74, 6) is 1.90. The minimum Gasteiger partial charge on any atom is -0.354 e. The van der Waals surface area contributed by atoms with Crippen LogP contribution >= 0.6 is 11.6 Å². The molecule has 1 aromatic heterocycles. The predicted octanol–water partition coefficient (Wildman–Crippen LogP) is 1.84. The molecule has 1 aromatic carbocycles. The molecule has 148 valence electrons. The van der Waals surface area contributed by atoms with Crippen LogP contribution in [0.1, 0.15) is 10.4 Å². The average molecular weight is 401 g/mol. The van der Waals surface area contributed by atoms with Gasteiger partial charge in [0.2, 0.25) is 0 Å². The third-order valence-corrected chi connectivity index (χ3v) is 5.79. The Labute approximate surface area is 170 Å². The molecule has 2 aliphatic rings. The summed E-state index contributed by atoms with van der Waals surface area (Å²) in [6, 6.07) is 9.28. The number of hydrogen-bond donors (Lipinski definition) is 0. The molecule has 8 heteroatoms. The molecular weight excluding hydrogens is 376 g/mol. The Morgan fingerprint density at radius 3 is 2.07 bits per heavy atom. The van der Waals surface area contributed by atoms with Crippen LogP contribution in [0, 0.1) is 0 Å². The number of nitrogens with zero attached hydrogens (tertiary/aromatic N) is 6. The molecule has 0 radical (unpaired) electrons. The Bertz CT molecular complexity index is 831. The second-order valence-corrected chi connectivity index (χ2v) is 7.69. The molecule has 0 N–H and O–H groups in total. The van der Waals surface area contributed by atoms with E-state index in [1.54, 1.807) is 18.5 Å². The summed E-state index contributed by atoms with van der Waals surface area (Å²) in [5, 5.41) is 0.502. The summed E-state index contributed by atoms with van der Waals surface area (Å²) >= 11 is 6.18. The van der Waals surface area contributed by atoms with E-state index in [9.17, 15) is 4.79 Å². The maximum atomic E-state index is 12.7. The maximum Gasteiger partial charge on any atom is 0.255 e. The topological polar surface area (TPSA) is 55.8 Å². The Morgan fingerprint density at radius 1 is 0.893 bits per heavy atom. The number of carbonyl (C=O) groups is 1. The Balaban J connectivity index is 1.39. The van der Waals surface area contributed by atoms with E-state index >= 15 is 0 Å². The zero-order valence-corrected chi connectivity index (χ0v) is 16.8. The van der Waals surface area contributed by atoms with Crippen molar-refractivity contribution in [2.45, 2.75) is 0 Å². The zero-order chi connectivity index (χ0) is 19.5. The maximum absolute atomic E-state index is 12.7. The van der Waals surface area contributed by atoms with Crippen LogP contribution in [0.15, 0.2) is 36.7 Å². The van der Waals surface area contributed by atoms with Gasteiger partial charge in [0.1, 0.15) is 18.0 Å². The highest BCUT2D eigenvalue weighted by molar-refractivity contribution is 6.33. The Hall–Kier alpha value is -2.38. The molecule has 7 nitrogen and oxygen atoms in total. The van der Waals surface area contributed by atoms with E-state index in [0.29, 0.717) is 23.7 Å². The summed E-state index contributed by atoms with van der Waals surface area (Å²) in [6.07, 6.45) is 1.64. The number of benzene rings is 1. The monoisotopic (exact) mass is 400 g/mol. The first-order valence-electron chi connectivity index (χ1n) is 9.66. The fraction of sp³-hybridized carbons (Fsp3) is 0.450. The van der Waals surface area contributed by atoms with Gasteiger partial charge in [0, 0.05) is 58.4 Å². The lowest BCUT2D eigenvalue weighted by atomic mass is 10.2. The number of rotatable bonds is 3. The fourth-order valence-corrected chi connectivity index (χ4v) is 3.88. The number of hydrogen-bond acceptors (Lipinski definition) is 6. The quantitative estimate of drug-likeness (QED) is 0.783. The van der Waals surface area contributed by atoms with E-state index < -0.39 is 0 Å². The van der Waals surface area contributed by atoms with E-state index in [-0.39, 0.29) is 5.91 Å². The lowest BCUT2D eigenvalue weighted by Crippen LogP contribution is -2.49. The molecule has 3 heterocycles. The van der Waals surface area contributed by atoms with Crippen molar-refractivity contribution in [3.63, 3.8) is 0 Å². The van der Waals surface area contributed by atoms with E-state index in [1.807, 2.05) is 17.0 Å². The largest absolute Gasteiger partial charge is 0.354 e. The molecule has 28 heavy (non-hydrogen) atoms. The van der Waals surface area contributed by atoms with Gasteiger partial charge >= 0.3 is 0 Å². The van der Waals surface area contributed by atoms with Crippen LogP contribution in [0.5, 0.6) is 0 Å². The highest BCUT2D eigenvalue weighted by Crippen LogP contribution is 2.22. The summed E-state index contributed by atoms with van der Waals surface area (Å²) in [7, 11) is 2.14. The first-order chi connectivity index (χ1) is 13.6. The molecule has 4 rings (SSSR count). The predicted molar refractivity (Wildman–Crippen MR) is 111 cm³/mol. The third-order valence-electron chi connectivity index (χ3n) is 5.46. The lowest BCUT2D eigenvalue weighted by molar-refractivity contribution is 0.0746. The zero-order valence-electron chi connectivity index (χ0n) is 16.1. The van der Waals surface area contributed by atoms with Crippen LogP contribution in [-0.4, -0.2) is 85.1 Å². The van der Waals surface area contributed by atoms with Crippen molar-refractivity contribution >= 4 is 29.1 Å². The van der Waals surface area contributed by atoms with Crippen LogP contribution in [0.3, 0.4) is 0 Å². The minimum absolute atomic E-state index is 0.00827. The highest BCUT2D eigenvalue weighted by atomic mass is 35.5. The van der Waals surface area contributed by atoms with Crippen LogP contribution in [0.4, 0.5) is 11.6 Å². The molecule has 0 aliphatic carbocycles. The van der Waals surface area contributed by atoms with Gasteiger partial charge in [-0.05, 0) is 19.2 Å². The molecule has 0 atom stereocenters. The van der Waals surface area contributed by atoms with Gasteiger partial charge < -0.3 is 19.6 Å². The molecule has 2 saturated heterocycles. The van der Waals surface area contributed by atoms with Crippen LogP contribution in [0.2, 0.25) is 5.02 Å². The van der Waals surface area contributed by atoms with E-state index in [2.05, 4.69) is 37.8 Å². The van der Waals surface area contributed by atoms with E-state index in [0.717, 1.165) is 50.9 Å². The number of aromatic nitrogens is 2. The number of piperazine rings is 2. The molecule has 1 amide bonds. The first-order valence-corrected chi connectivity index (χ1v) is 10.0.